The van der Waals surface area contributed by atoms with Crippen LogP contribution >= 0.6 is 0 Å². The number of fused-ring (bicyclic) bond motifs is 1. The third-order valence-corrected chi connectivity index (χ3v) is 4.00. The normalized spacial score (nSPS) is 12.9. The van der Waals surface area contributed by atoms with Gasteiger partial charge in [-0.1, -0.05) is 70.5 Å². The average Bonchev–Trinajstić information content (AvgIpc) is 2.65. The fraction of sp³-hybridized carbons (Fsp3) is 0.444. The lowest BCUT2D eigenvalue weighted by Crippen LogP contribution is -2.28. The second kappa shape index (κ2) is 6.10. The highest BCUT2D eigenvalue weighted by Gasteiger charge is 2.08. The molecule has 0 saturated heterocycles. The highest BCUT2D eigenvalue weighted by atomic mass is 15.0. The predicted molar refractivity (Wildman–Crippen MR) is 85.5 cm³/mol. The van der Waals surface area contributed by atoms with Crippen molar-refractivity contribution in [2.24, 2.45) is 5.92 Å². The smallest absolute Gasteiger partial charge is 0.0418 e. The Bertz CT molecular complexity index is 588. The van der Waals surface area contributed by atoms with Crippen LogP contribution in [0.25, 0.3) is 23.9 Å². The zero-order valence-corrected chi connectivity index (χ0v) is 12.3. The minimum absolute atomic E-state index is 0.689. The molecule has 0 amide bonds. The molecule has 1 nitrogen and oxygen atoms in total. The SMILES string of the molecule is C=c1c2ccccc2c(=C)n1CC(C)CCCCC. The van der Waals surface area contributed by atoms with Crippen LogP contribution in [0.5, 0.6) is 0 Å². The second-order valence-electron chi connectivity index (χ2n) is 5.65. The maximum absolute atomic E-state index is 4.24. The highest BCUT2D eigenvalue weighted by Crippen LogP contribution is 2.12. The van der Waals surface area contributed by atoms with E-state index in [0.717, 1.165) is 17.2 Å². The Morgan fingerprint density at radius 2 is 1.63 bits per heavy atom. The highest BCUT2D eigenvalue weighted by molar-refractivity contribution is 5.83. The molecule has 0 aliphatic rings. The van der Waals surface area contributed by atoms with Crippen LogP contribution in [0, 0.1) is 5.92 Å². The molecule has 2 aromatic rings. The van der Waals surface area contributed by atoms with Gasteiger partial charge in [-0.25, -0.2) is 0 Å². The van der Waals surface area contributed by atoms with Crippen molar-refractivity contribution in [2.45, 2.75) is 46.1 Å². The van der Waals surface area contributed by atoms with E-state index in [1.54, 1.807) is 0 Å². The average molecular weight is 255 g/mol. The summed E-state index contributed by atoms with van der Waals surface area (Å²) in [5.74, 6) is 0.689. The lowest BCUT2D eigenvalue weighted by molar-refractivity contribution is 0.423. The molecule has 1 atom stereocenters. The summed E-state index contributed by atoms with van der Waals surface area (Å²) in [5, 5.41) is 4.72. The van der Waals surface area contributed by atoms with E-state index in [9.17, 15) is 0 Å². The van der Waals surface area contributed by atoms with E-state index >= 15 is 0 Å². The molecule has 102 valence electrons. The minimum Gasteiger partial charge on any atom is -0.341 e. The minimum atomic E-state index is 0.689. The van der Waals surface area contributed by atoms with E-state index in [1.807, 2.05) is 0 Å². The Morgan fingerprint density at radius 3 is 2.16 bits per heavy atom. The Labute approximate surface area is 116 Å². The van der Waals surface area contributed by atoms with E-state index < -0.39 is 0 Å². The van der Waals surface area contributed by atoms with Crippen molar-refractivity contribution < 1.29 is 0 Å². The van der Waals surface area contributed by atoms with Crippen LogP contribution in [0.15, 0.2) is 24.3 Å². The Balaban J connectivity index is 2.21. The van der Waals surface area contributed by atoms with Crippen molar-refractivity contribution in [2.75, 3.05) is 0 Å². The van der Waals surface area contributed by atoms with Crippen LogP contribution in [-0.4, -0.2) is 4.57 Å². The van der Waals surface area contributed by atoms with Crippen LogP contribution < -0.4 is 10.7 Å². The third kappa shape index (κ3) is 2.91. The lowest BCUT2D eigenvalue weighted by Gasteiger charge is -2.13. The van der Waals surface area contributed by atoms with Crippen molar-refractivity contribution in [1.29, 1.82) is 0 Å². The van der Waals surface area contributed by atoms with Gasteiger partial charge in [0.15, 0.2) is 0 Å². The van der Waals surface area contributed by atoms with E-state index in [-0.39, 0.29) is 0 Å². The van der Waals surface area contributed by atoms with Crippen molar-refractivity contribution >= 4 is 23.9 Å². The standard InChI is InChI=1S/C18H25N/c1-5-6-7-10-14(2)13-19-15(3)17-11-8-9-12-18(17)16(19)4/h8-9,11-12,14H,3-7,10,13H2,1-2H3. The van der Waals surface area contributed by atoms with E-state index in [2.05, 4.69) is 55.8 Å². The summed E-state index contributed by atoms with van der Waals surface area (Å²) >= 11 is 0. The quantitative estimate of drug-likeness (QED) is 0.694. The van der Waals surface area contributed by atoms with Gasteiger partial charge in [-0.3, -0.25) is 0 Å². The van der Waals surface area contributed by atoms with Gasteiger partial charge in [-0.05, 0) is 12.3 Å². The Morgan fingerprint density at radius 1 is 1.05 bits per heavy atom. The first-order valence-corrected chi connectivity index (χ1v) is 7.40. The van der Waals surface area contributed by atoms with Crippen molar-refractivity contribution in [3.05, 3.63) is 35.0 Å². The molecule has 1 unspecified atom stereocenters. The summed E-state index contributed by atoms with van der Waals surface area (Å²) in [7, 11) is 0. The molecule has 1 heteroatoms. The van der Waals surface area contributed by atoms with Crippen LogP contribution in [-0.2, 0) is 6.54 Å². The first-order valence-electron chi connectivity index (χ1n) is 7.40. The molecule has 1 aromatic heterocycles. The monoisotopic (exact) mass is 255 g/mol. The molecule has 0 N–H and O–H groups in total. The van der Waals surface area contributed by atoms with Gasteiger partial charge in [0.05, 0.1) is 0 Å². The molecule has 0 aliphatic heterocycles. The van der Waals surface area contributed by atoms with Gasteiger partial charge in [0.1, 0.15) is 0 Å². The van der Waals surface area contributed by atoms with Gasteiger partial charge in [-0.2, -0.15) is 0 Å². The summed E-state index contributed by atoms with van der Waals surface area (Å²) in [6.45, 7) is 14.1. The maximum Gasteiger partial charge on any atom is 0.0418 e. The lowest BCUT2D eigenvalue weighted by atomic mass is 10.0. The van der Waals surface area contributed by atoms with Gasteiger partial charge in [0.25, 0.3) is 0 Å². The summed E-state index contributed by atoms with van der Waals surface area (Å²) < 4.78 is 2.29. The van der Waals surface area contributed by atoms with Crippen LogP contribution in [0.3, 0.4) is 0 Å². The van der Waals surface area contributed by atoms with Crippen LogP contribution in [0.4, 0.5) is 0 Å². The Kier molecular flexibility index (Phi) is 4.47. The predicted octanol–water partition coefficient (Wildman–Crippen LogP) is 3.68. The fourth-order valence-corrected chi connectivity index (χ4v) is 2.81. The largest absolute Gasteiger partial charge is 0.341 e. The topological polar surface area (TPSA) is 4.93 Å². The molecule has 0 saturated carbocycles. The molecule has 1 aromatic carbocycles. The van der Waals surface area contributed by atoms with Crippen LogP contribution in [0.1, 0.15) is 39.5 Å². The molecular weight excluding hydrogens is 230 g/mol. The summed E-state index contributed by atoms with van der Waals surface area (Å²) in [6.07, 6.45) is 5.26. The molecule has 19 heavy (non-hydrogen) atoms. The van der Waals surface area contributed by atoms with Crippen molar-refractivity contribution in [3.8, 4) is 0 Å². The summed E-state index contributed by atoms with van der Waals surface area (Å²) in [5.41, 5.74) is 0. The zero-order chi connectivity index (χ0) is 13.8. The van der Waals surface area contributed by atoms with Gasteiger partial charge < -0.3 is 4.57 Å². The number of hydrogen-bond acceptors (Lipinski definition) is 0. The number of unbranched alkanes of at least 4 members (excludes halogenated alkanes) is 2. The van der Waals surface area contributed by atoms with Crippen LogP contribution in [0.2, 0.25) is 0 Å². The molecule has 1 heterocycles. The molecule has 2 rings (SSSR count). The second-order valence-corrected chi connectivity index (χ2v) is 5.65. The van der Waals surface area contributed by atoms with E-state index in [4.69, 9.17) is 0 Å². The maximum atomic E-state index is 4.24. The molecule has 0 fully saturated rings. The number of rotatable bonds is 6. The van der Waals surface area contributed by atoms with Crippen molar-refractivity contribution in [3.63, 3.8) is 0 Å². The fourth-order valence-electron chi connectivity index (χ4n) is 2.81. The number of hydrogen-bond donors (Lipinski definition) is 0. The molecule has 0 bridgehead atoms. The first kappa shape index (κ1) is 13.9. The summed E-state index contributed by atoms with van der Waals surface area (Å²) in [4.78, 5) is 0. The van der Waals surface area contributed by atoms with E-state index in [1.165, 1.54) is 36.5 Å². The number of benzene rings is 1. The molecule has 0 aliphatic carbocycles. The molecule has 0 spiro atoms. The number of aromatic nitrogens is 1. The van der Waals surface area contributed by atoms with Crippen molar-refractivity contribution in [1.82, 2.24) is 4.57 Å². The van der Waals surface area contributed by atoms with Gasteiger partial charge >= 0.3 is 0 Å². The Hall–Kier alpha value is -1.50. The first-order chi connectivity index (χ1) is 9.15. The van der Waals surface area contributed by atoms with Gasteiger partial charge in [0.2, 0.25) is 0 Å². The van der Waals surface area contributed by atoms with E-state index in [0.29, 0.717) is 5.92 Å². The van der Waals surface area contributed by atoms with Gasteiger partial charge in [-0.15, -0.1) is 0 Å². The molecular formula is C18H25N. The van der Waals surface area contributed by atoms with Gasteiger partial charge in [0, 0.05) is 28.0 Å². The summed E-state index contributed by atoms with van der Waals surface area (Å²) in [6, 6.07) is 8.44. The molecule has 0 radical (unpaired) electrons. The number of nitrogens with zero attached hydrogens (tertiary/aromatic N) is 1. The third-order valence-electron chi connectivity index (χ3n) is 4.00. The zero-order valence-electron chi connectivity index (χ0n) is 12.3.